The molecule has 0 aliphatic carbocycles. The molecule has 8 heavy (non-hydrogen) atoms. The summed E-state index contributed by atoms with van der Waals surface area (Å²) in [5, 5.41) is 6.77. The fraction of sp³-hybridized carbons (Fsp3) is 0.833. The number of piperidine rings is 1. The number of fused-ring (bicyclic) bond motifs is 2. The molecular formula is C6H11N2. The predicted molar refractivity (Wildman–Crippen MR) is 32.5 cm³/mol. The minimum Gasteiger partial charge on any atom is -0.315 e. The molecule has 2 heterocycles. The van der Waals surface area contributed by atoms with Crippen LogP contribution in [0.4, 0.5) is 0 Å². The van der Waals surface area contributed by atoms with Crippen LogP contribution in [0.15, 0.2) is 0 Å². The van der Waals surface area contributed by atoms with E-state index in [0.717, 1.165) is 19.1 Å². The zero-order valence-corrected chi connectivity index (χ0v) is 4.91. The van der Waals surface area contributed by atoms with Crippen molar-refractivity contribution in [1.82, 2.24) is 10.6 Å². The van der Waals surface area contributed by atoms with Crippen LogP contribution >= 0.6 is 0 Å². The van der Waals surface area contributed by atoms with Crippen molar-refractivity contribution in [1.29, 1.82) is 0 Å². The average Bonchev–Trinajstić information content (AvgIpc) is 2.12. The van der Waals surface area contributed by atoms with Gasteiger partial charge in [0, 0.05) is 31.6 Å². The first kappa shape index (κ1) is 4.77. The Morgan fingerprint density at radius 2 is 2.38 bits per heavy atom. The molecule has 0 saturated carbocycles. The van der Waals surface area contributed by atoms with Crippen LogP contribution < -0.4 is 10.6 Å². The van der Waals surface area contributed by atoms with Crippen LogP contribution in [0.1, 0.15) is 6.42 Å². The molecule has 2 rings (SSSR count). The van der Waals surface area contributed by atoms with Gasteiger partial charge in [-0.15, -0.1) is 0 Å². The van der Waals surface area contributed by atoms with Crippen LogP contribution in [0.2, 0.25) is 0 Å². The fourth-order valence-electron chi connectivity index (χ4n) is 1.48. The molecule has 2 nitrogen and oxygen atoms in total. The van der Waals surface area contributed by atoms with Gasteiger partial charge in [-0.2, -0.15) is 0 Å². The minimum absolute atomic E-state index is 0.763. The van der Waals surface area contributed by atoms with Crippen LogP contribution in [0.25, 0.3) is 0 Å². The maximum atomic E-state index is 3.42. The molecule has 0 spiro atoms. The summed E-state index contributed by atoms with van der Waals surface area (Å²) < 4.78 is 0. The molecule has 45 valence electrons. The van der Waals surface area contributed by atoms with Gasteiger partial charge in [-0.25, -0.2) is 0 Å². The van der Waals surface area contributed by atoms with Crippen molar-refractivity contribution < 1.29 is 0 Å². The molecule has 2 aliphatic rings. The van der Waals surface area contributed by atoms with Crippen molar-refractivity contribution >= 4 is 0 Å². The summed E-state index contributed by atoms with van der Waals surface area (Å²) in [6.07, 6.45) is 1.33. The van der Waals surface area contributed by atoms with E-state index in [0.29, 0.717) is 0 Å². The molecule has 2 saturated heterocycles. The largest absolute Gasteiger partial charge is 0.315 e. The number of nitrogens with one attached hydrogen (secondary N) is 2. The Balaban J connectivity index is 2.03. The van der Waals surface area contributed by atoms with Gasteiger partial charge in [0.25, 0.3) is 0 Å². The topological polar surface area (TPSA) is 24.1 Å². The number of hydrogen-bond donors (Lipinski definition) is 2. The highest BCUT2D eigenvalue weighted by Gasteiger charge is 2.27. The van der Waals surface area contributed by atoms with Gasteiger partial charge in [-0.05, 0) is 6.42 Å². The van der Waals surface area contributed by atoms with Crippen molar-refractivity contribution in [2.24, 2.45) is 0 Å². The third-order valence-corrected chi connectivity index (χ3v) is 1.94. The molecule has 0 aromatic rings. The third kappa shape index (κ3) is 0.644. The lowest BCUT2D eigenvalue weighted by Crippen LogP contribution is -2.36. The first-order valence-corrected chi connectivity index (χ1v) is 3.23. The van der Waals surface area contributed by atoms with Crippen molar-refractivity contribution in [2.75, 3.05) is 19.6 Å². The van der Waals surface area contributed by atoms with E-state index in [2.05, 4.69) is 10.6 Å². The molecule has 0 aromatic heterocycles. The summed E-state index contributed by atoms with van der Waals surface area (Å²) in [6, 6.07) is 0.763. The first-order valence-electron chi connectivity index (χ1n) is 3.23. The van der Waals surface area contributed by atoms with Crippen molar-refractivity contribution in [3.8, 4) is 0 Å². The number of rotatable bonds is 0. The highest BCUT2D eigenvalue weighted by atomic mass is 15.1. The van der Waals surface area contributed by atoms with Gasteiger partial charge in [0.2, 0.25) is 0 Å². The van der Waals surface area contributed by atoms with E-state index in [4.69, 9.17) is 0 Å². The predicted octanol–water partition coefficient (Wildman–Crippen LogP) is -0.474. The summed E-state index contributed by atoms with van der Waals surface area (Å²) in [5.74, 6) is 1.65. The zero-order chi connectivity index (χ0) is 5.40. The van der Waals surface area contributed by atoms with E-state index in [9.17, 15) is 0 Å². The Morgan fingerprint density at radius 3 is 3.12 bits per heavy atom. The highest BCUT2D eigenvalue weighted by molar-refractivity contribution is 5.08. The van der Waals surface area contributed by atoms with E-state index in [-0.39, 0.29) is 0 Å². The fourth-order valence-corrected chi connectivity index (χ4v) is 1.48. The lowest BCUT2D eigenvalue weighted by molar-refractivity contribution is 0.518. The molecule has 0 aromatic carbocycles. The standard InChI is InChI=1S/C6H11N2/c1-5-2-7-4-6(1)8-3-5/h6-8H,1-4H2. The maximum absolute atomic E-state index is 3.42. The summed E-state index contributed by atoms with van der Waals surface area (Å²) in [6.45, 7) is 3.49. The van der Waals surface area contributed by atoms with Gasteiger partial charge in [0.05, 0.1) is 0 Å². The molecule has 0 amide bonds. The van der Waals surface area contributed by atoms with Gasteiger partial charge in [0.15, 0.2) is 0 Å². The molecule has 2 heteroatoms. The van der Waals surface area contributed by atoms with Crippen LogP contribution in [0.5, 0.6) is 0 Å². The number of hydrogen-bond acceptors (Lipinski definition) is 2. The SMILES string of the molecule is C1NCC2C[C]1CN2. The molecular weight excluding hydrogens is 100 g/mol. The summed E-state index contributed by atoms with van der Waals surface area (Å²) in [7, 11) is 0. The Hall–Kier alpha value is -0.0800. The smallest absolute Gasteiger partial charge is 0.0199 e. The second-order valence-corrected chi connectivity index (χ2v) is 2.66. The summed E-state index contributed by atoms with van der Waals surface area (Å²) in [4.78, 5) is 0. The van der Waals surface area contributed by atoms with Crippen LogP contribution in [0.3, 0.4) is 0 Å². The third-order valence-electron chi connectivity index (χ3n) is 1.94. The molecule has 2 fully saturated rings. The molecule has 2 N–H and O–H groups in total. The second kappa shape index (κ2) is 1.71. The van der Waals surface area contributed by atoms with Crippen LogP contribution in [-0.2, 0) is 0 Å². The monoisotopic (exact) mass is 111 g/mol. The summed E-state index contributed by atoms with van der Waals surface area (Å²) in [5.41, 5.74) is 0. The van der Waals surface area contributed by atoms with Gasteiger partial charge in [-0.1, -0.05) is 0 Å². The zero-order valence-electron chi connectivity index (χ0n) is 4.91. The van der Waals surface area contributed by atoms with Crippen molar-refractivity contribution in [3.05, 3.63) is 5.92 Å². The van der Waals surface area contributed by atoms with Gasteiger partial charge < -0.3 is 10.6 Å². The molecule has 2 aliphatic heterocycles. The first-order chi connectivity index (χ1) is 3.95. The van der Waals surface area contributed by atoms with Gasteiger partial charge in [0.1, 0.15) is 0 Å². The molecule has 2 bridgehead atoms. The maximum Gasteiger partial charge on any atom is 0.0199 e. The lowest BCUT2D eigenvalue weighted by atomic mass is 10.0. The Labute approximate surface area is 49.7 Å². The van der Waals surface area contributed by atoms with E-state index in [1.807, 2.05) is 0 Å². The van der Waals surface area contributed by atoms with E-state index < -0.39 is 0 Å². The Kier molecular flexibility index (Phi) is 1.02. The van der Waals surface area contributed by atoms with Crippen LogP contribution in [0, 0.1) is 5.92 Å². The highest BCUT2D eigenvalue weighted by Crippen LogP contribution is 2.17. The lowest BCUT2D eigenvalue weighted by Gasteiger charge is -2.17. The second-order valence-electron chi connectivity index (χ2n) is 2.66. The quantitative estimate of drug-likeness (QED) is 0.441. The van der Waals surface area contributed by atoms with E-state index in [1.54, 1.807) is 5.92 Å². The Morgan fingerprint density at radius 1 is 1.38 bits per heavy atom. The summed E-state index contributed by atoms with van der Waals surface area (Å²) >= 11 is 0. The van der Waals surface area contributed by atoms with E-state index >= 15 is 0 Å². The van der Waals surface area contributed by atoms with E-state index in [1.165, 1.54) is 13.0 Å². The Bertz CT molecular complexity index is 78.5. The minimum atomic E-state index is 0.763. The molecule has 1 radical (unpaired) electrons. The average molecular weight is 111 g/mol. The van der Waals surface area contributed by atoms with Crippen LogP contribution in [-0.4, -0.2) is 25.7 Å². The normalized spacial score (nSPS) is 38.2. The molecule has 1 atom stereocenters. The van der Waals surface area contributed by atoms with Crippen molar-refractivity contribution in [3.63, 3.8) is 0 Å². The molecule has 1 unspecified atom stereocenters. The van der Waals surface area contributed by atoms with Gasteiger partial charge >= 0.3 is 0 Å². The van der Waals surface area contributed by atoms with Gasteiger partial charge in [-0.3, -0.25) is 0 Å². The van der Waals surface area contributed by atoms with Crippen molar-refractivity contribution in [2.45, 2.75) is 12.5 Å².